The fraction of sp³-hybridized carbons (Fsp3) is 0.474. The molecule has 1 atom stereocenters. The molecule has 1 aromatic carbocycles. The van der Waals surface area contributed by atoms with E-state index < -0.39 is 0 Å². The molecule has 4 heteroatoms. The van der Waals surface area contributed by atoms with Crippen LogP contribution in [0.2, 0.25) is 0 Å². The smallest absolute Gasteiger partial charge is 0.261 e. The Balaban J connectivity index is 1.68. The average Bonchev–Trinajstić information content (AvgIpc) is 3.24. The Kier molecular flexibility index (Phi) is 3.68. The van der Waals surface area contributed by atoms with Crippen LogP contribution >= 0.6 is 0 Å². The number of H-pyrrole nitrogens is 1. The largest absolute Gasteiger partial charge is 0.335 e. The molecule has 2 fully saturated rings. The molecule has 2 heterocycles. The fourth-order valence-corrected chi connectivity index (χ4v) is 4.34. The van der Waals surface area contributed by atoms with E-state index >= 15 is 0 Å². The molecule has 1 N–H and O–H groups in total. The lowest BCUT2D eigenvalue weighted by Gasteiger charge is -2.29. The van der Waals surface area contributed by atoms with Crippen molar-refractivity contribution in [1.29, 1.82) is 0 Å². The Morgan fingerprint density at radius 2 is 1.87 bits per heavy atom. The van der Waals surface area contributed by atoms with Gasteiger partial charge in [0.2, 0.25) is 0 Å². The Morgan fingerprint density at radius 1 is 1.09 bits per heavy atom. The summed E-state index contributed by atoms with van der Waals surface area (Å²) < 4.78 is 0. The number of carbonyl (C=O) groups is 1. The highest BCUT2D eigenvalue weighted by molar-refractivity contribution is 5.97. The third kappa shape index (κ3) is 2.56. The number of aromatic amines is 1. The summed E-state index contributed by atoms with van der Waals surface area (Å²) in [6, 6.07) is 9.68. The number of carbonyl (C=O) groups excluding carboxylic acids is 1. The first-order chi connectivity index (χ1) is 11.2. The summed E-state index contributed by atoms with van der Waals surface area (Å²) in [6.07, 6.45) is 7.14. The first kappa shape index (κ1) is 14.5. The molecule has 1 amide bonds. The van der Waals surface area contributed by atoms with Crippen LogP contribution in [-0.2, 0) is 0 Å². The van der Waals surface area contributed by atoms with E-state index in [0.29, 0.717) is 12.0 Å². The van der Waals surface area contributed by atoms with Crippen LogP contribution in [0.1, 0.15) is 48.9 Å². The number of hydrogen-bond acceptors (Lipinski definition) is 2. The van der Waals surface area contributed by atoms with Crippen molar-refractivity contribution in [2.45, 2.75) is 44.6 Å². The molecule has 2 aromatic rings. The van der Waals surface area contributed by atoms with Gasteiger partial charge < -0.3 is 9.88 Å². The second-order valence-electron chi connectivity index (χ2n) is 6.85. The SMILES string of the molecule is O=C(c1cc2ccccc2[nH]c1=O)N1CCCC1C1CCCC1. The Morgan fingerprint density at radius 3 is 2.70 bits per heavy atom. The molecule has 1 aliphatic heterocycles. The van der Waals surface area contributed by atoms with Crippen LogP contribution in [0.15, 0.2) is 35.1 Å². The van der Waals surface area contributed by atoms with Crippen molar-refractivity contribution in [2.75, 3.05) is 6.54 Å². The van der Waals surface area contributed by atoms with Crippen molar-refractivity contribution >= 4 is 16.8 Å². The van der Waals surface area contributed by atoms with Crippen molar-refractivity contribution < 1.29 is 4.79 Å². The Labute approximate surface area is 135 Å². The zero-order valence-corrected chi connectivity index (χ0v) is 13.3. The molecular formula is C19H22N2O2. The van der Waals surface area contributed by atoms with E-state index in [9.17, 15) is 9.59 Å². The van der Waals surface area contributed by atoms with Gasteiger partial charge >= 0.3 is 0 Å². The third-order valence-corrected chi connectivity index (χ3v) is 5.49. The minimum Gasteiger partial charge on any atom is -0.335 e. The quantitative estimate of drug-likeness (QED) is 0.925. The lowest BCUT2D eigenvalue weighted by atomic mass is 9.95. The highest BCUT2D eigenvalue weighted by Crippen LogP contribution is 2.35. The van der Waals surface area contributed by atoms with Gasteiger partial charge in [-0.3, -0.25) is 9.59 Å². The lowest BCUT2D eigenvalue weighted by Crippen LogP contribution is -2.41. The minimum absolute atomic E-state index is 0.0913. The second kappa shape index (κ2) is 5.84. The first-order valence-electron chi connectivity index (χ1n) is 8.67. The molecule has 4 nitrogen and oxygen atoms in total. The van der Waals surface area contributed by atoms with Crippen molar-refractivity contribution in [3.8, 4) is 0 Å². The van der Waals surface area contributed by atoms with Gasteiger partial charge in [0.1, 0.15) is 5.56 Å². The molecular weight excluding hydrogens is 288 g/mol. The van der Waals surface area contributed by atoms with E-state index in [2.05, 4.69) is 4.98 Å². The highest BCUT2D eigenvalue weighted by Gasteiger charge is 2.36. The van der Waals surface area contributed by atoms with E-state index in [0.717, 1.165) is 30.3 Å². The highest BCUT2D eigenvalue weighted by atomic mass is 16.2. The molecule has 1 unspecified atom stereocenters. The van der Waals surface area contributed by atoms with Crippen molar-refractivity contribution in [3.05, 3.63) is 46.2 Å². The van der Waals surface area contributed by atoms with Gasteiger partial charge in [-0.1, -0.05) is 31.0 Å². The van der Waals surface area contributed by atoms with E-state index in [-0.39, 0.29) is 17.0 Å². The molecule has 4 rings (SSSR count). The number of benzene rings is 1. The maximum atomic E-state index is 13.0. The summed E-state index contributed by atoms with van der Waals surface area (Å²) in [7, 11) is 0. The second-order valence-corrected chi connectivity index (χ2v) is 6.85. The molecule has 120 valence electrons. The van der Waals surface area contributed by atoms with Gasteiger partial charge in [-0.25, -0.2) is 0 Å². The number of fused-ring (bicyclic) bond motifs is 1. The van der Waals surface area contributed by atoms with Gasteiger partial charge in [-0.2, -0.15) is 0 Å². The van der Waals surface area contributed by atoms with Gasteiger partial charge in [-0.15, -0.1) is 0 Å². The number of pyridine rings is 1. The van der Waals surface area contributed by atoms with Crippen LogP contribution in [0.4, 0.5) is 0 Å². The predicted molar refractivity (Wildman–Crippen MR) is 90.6 cm³/mol. The maximum absolute atomic E-state index is 13.0. The topological polar surface area (TPSA) is 53.2 Å². The van der Waals surface area contributed by atoms with Crippen molar-refractivity contribution in [1.82, 2.24) is 9.88 Å². The van der Waals surface area contributed by atoms with Crippen LogP contribution in [-0.4, -0.2) is 28.4 Å². The molecule has 0 spiro atoms. The number of para-hydroxylation sites is 1. The summed E-state index contributed by atoms with van der Waals surface area (Å²) in [5.41, 5.74) is 0.794. The van der Waals surface area contributed by atoms with Gasteiger partial charge in [0, 0.05) is 18.1 Å². The number of nitrogens with one attached hydrogen (secondary N) is 1. The van der Waals surface area contributed by atoms with Gasteiger partial charge in [0.25, 0.3) is 11.5 Å². The zero-order chi connectivity index (χ0) is 15.8. The van der Waals surface area contributed by atoms with E-state index in [4.69, 9.17) is 0 Å². The molecule has 1 saturated heterocycles. The van der Waals surface area contributed by atoms with Crippen LogP contribution in [0.25, 0.3) is 10.9 Å². The van der Waals surface area contributed by atoms with E-state index in [1.165, 1.54) is 25.7 Å². The molecule has 0 radical (unpaired) electrons. The first-order valence-corrected chi connectivity index (χ1v) is 8.67. The number of amides is 1. The number of likely N-dealkylation sites (tertiary alicyclic amines) is 1. The van der Waals surface area contributed by atoms with Crippen LogP contribution in [0, 0.1) is 5.92 Å². The number of aromatic nitrogens is 1. The van der Waals surface area contributed by atoms with Gasteiger partial charge in [0.15, 0.2) is 0 Å². The lowest BCUT2D eigenvalue weighted by molar-refractivity contribution is 0.0687. The van der Waals surface area contributed by atoms with E-state index in [1.54, 1.807) is 6.07 Å². The molecule has 0 bridgehead atoms. The molecule has 1 aromatic heterocycles. The summed E-state index contributed by atoms with van der Waals surface area (Å²) in [6.45, 7) is 0.784. The zero-order valence-electron chi connectivity index (χ0n) is 13.3. The standard InChI is InChI=1S/C19H22N2O2/c22-18-15(12-14-8-3-4-9-16(14)20-18)19(23)21-11-5-10-17(21)13-6-1-2-7-13/h3-4,8-9,12-13,17H,1-2,5-7,10-11H2,(H,20,22). The van der Waals surface area contributed by atoms with Crippen LogP contribution in [0.5, 0.6) is 0 Å². The summed E-state index contributed by atoms with van der Waals surface area (Å²) in [4.78, 5) is 30.2. The fourth-order valence-electron chi connectivity index (χ4n) is 4.34. The molecule has 1 saturated carbocycles. The molecule has 2 aliphatic rings. The minimum atomic E-state index is -0.272. The summed E-state index contributed by atoms with van der Waals surface area (Å²) in [5, 5.41) is 0.909. The molecule has 23 heavy (non-hydrogen) atoms. The van der Waals surface area contributed by atoms with Gasteiger partial charge in [-0.05, 0) is 49.1 Å². The predicted octanol–water partition coefficient (Wildman–Crippen LogP) is 3.32. The Bertz CT molecular complexity index is 789. The Hall–Kier alpha value is -2.10. The maximum Gasteiger partial charge on any atom is 0.261 e. The summed E-state index contributed by atoms with van der Waals surface area (Å²) in [5.74, 6) is 0.535. The van der Waals surface area contributed by atoms with E-state index in [1.807, 2.05) is 29.2 Å². The number of rotatable bonds is 2. The summed E-state index contributed by atoms with van der Waals surface area (Å²) >= 11 is 0. The van der Waals surface area contributed by atoms with Crippen LogP contribution < -0.4 is 5.56 Å². The normalized spacial score (nSPS) is 22.1. The molecule has 1 aliphatic carbocycles. The number of hydrogen-bond donors (Lipinski definition) is 1. The van der Waals surface area contributed by atoms with Crippen LogP contribution in [0.3, 0.4) is 0 Å². The van der Waals surface area contributed by atoms with Crippen molar-refractivity contribution in [3.63, 3.8) is 0 Å². The number of nitrogens with zero attached hydrogens (tertiary/aromatic N) is 1. The van der Waals surface area contributed by atoms with Crippen molar-refractivity contribution in [2.24, 2.45) is 5.92 Å². The average molecular weight is 310 g/mol. The van der Waals surface area contributed by atoms with Gasteiger partial charge in [0.05, 0.1) is 0 Å². The monoisotopic (exact) mass is 310 g/mol. The third-order valence-electron chi connectivity index (χ3n) is 5.49.